The lowest BCUT2D eigenvalue weighted by Gasteiger charge is -2.31. The normalized spacial score (nSPS) is 30.8. The zero-order chi connectivity index (χ0) is 14.4. The summed E-state index contributed by atoms with van der Waals surface area (Å²) in [6.07, 6.45) is 0.0723. The first-order valence-electron chi connectivity index (χ1n) is 7.21. The Hall–Kier alpha value is -1.58. The van der Waals surface area contributed by atoms with E-state index >= 15 is 0 Å². The summed E-state index contributed by atoms with van der Waals surface area (Å²) in [4.78, 5) is 13.0. The first-order valence-corrected chi connectivity index (χ1v) is 8.25. The van der Waals surface area contributed by atoms with E-state index in [-0.39, 0.29) is 11.0 Å². The van der Waals surface area contributed by atoms with E-state index in [1.165, 1.54) is 0 Å². The fourth-order valence-corrected chi connectivity index (χ4v) is 5.37. The minimum Gasteiger partial charge on any atom is -0.391 e. The maximum Gasteiger partial charge on any atom is 0.173 e. The summed E-state index contributed by atoms with van der Waals surface area (Å²) in [7, 11) is 0. The Bertz CT molecular complexity index is 697. The molecule has 1 spiro atoms. The van der Waals surface area contributed by atoms with Gasteiger partial charge in [-0.05, 0) is 17.5 Å². The molecular weight excluding hydrogens is 280 g/mol. The van der Waals surface area contributed by atoms with Gasteiger partial charge >= 0.3 is 0 Å². The lowest BCUT2D eigenvalue weighted by atomic mass is 9.73. The van der Waals surface area contributed by atoms with E-state index in [4.69, 9.17) is 0 Å². The van der Waals surface area contributed by atoms with Gasteiger partial charge < -0.3 is 5.11 Å². The van der Waals surface area contributed by atoms with Crippen LogP contribution in [0.4, 0.5) is 0 Å². The molecule has 1 heterocycles. The fraction of sp³-hybridized carbons (Fsp3) is 0.278. The van der Waals surface area contributed by atoms with E-state index in [0.717, 1.165) is 16.7 Å². The highest BCUT2D eigenvalue weighted by Crippen LogP contribution is 2.59. The van der Waals surface area contributed by atoms with Crippen LogP contribution in [0.3, 0.4) is 0 Å². The molecule has 0 aromatic heterocycles. The van der Waals surface area contributed by atoms with Crippen LogP contribution in [-0.4, -0.2) is 22.7 Å². The maximum atomic E-state index is 13.0. The molecule has 0 amide bonds. The average Bonchev–Trinajstić information content (AvgIpc) is 3.01. The van der Waals surface area contributed by atoms with Crippen LogP contribution < -0.4 is 0 Å². The second-order valence-corrected chi connectivity index (χ2v) is 6.98. The number of benzene rings is 2. The van der Waals surface area contributed by atoms with Crippen LogP contribution >= 0.6 is 11.8 Å². The highest BCUT2D eigenvalue weighted by atomic mass is 32.2. The van der Waals surface area contributed by atoms with Gasteiger partial charge in [-0.15, -0.1) is 11.8 Å². The van der Waals surface area contributed by atoms with Crippen molar-refractivity contribution in [3.8, 4) is 0 Å². The van der Waals surface area contributed by atoms with Gasteiger partial charge in [0, 0.05) is 16.6 Å². The smallest absolute Gasteiger partial charge is 0.173 e. The lowest BCUT2D eigenvalue weighted by molar-refractivity contribution is 0.0435. The number of carbonyl (C=O) groups excluding carboxylic acids is 1. The van der Waals surface area contributed by atoms with Crippen molar-refractivity contribution in [1.29, 1.82) is 0 Å². The highest BCUT2D eigenvalue weighted by Gasteiger charge is 2.59. The van der Waals surface area contributed by atoms with E-state index in [1.54, 1.807) is 11.8 Å². The Morgan fingerprint density at radius 2 is 1.76 bits per heavy atom. The van der Waals surface area contributed by atoms with Crippen molar-refractivity contribution >= 4 is 17.5 Å². The van der Waals surface area contributed by atoms with Crippen LogP contribution in [0.2, 0.25) is 0 Å². The van der Waals surface area contributed by atoms with Gasteiger partial charge in [0.05, 0.1) is 11.5 Å². The van der Waals surface area contributed by atoms with Gasteiger partial charge in [-0.3, -0.25) is 4.79 Å². The predicted molar refractivity (Wildman–Crippen MR) is 84.6 cm³/mol. The summed E-state index contributed by atoms with van der Waals surface area (Å²) in [6.45, 7) is 0. The summed E-state index contributed by atoms with van der Waals surface area (Å²) < 4.78 is 0. The van der Waals surface area contributed by atoms with Gasteiger partial charge in [0.1, 0.15) is 0 Å². The lowest BCUT2D eigenvalue weighted by Crippen LogP contribution is -2.41. The average molecular weight is 296 g/mol. The molecule has 0 radical (unpaired) electrons. The molecular formula is C18H16O2S. The molecule has 4 rings (SSSR count). The summed E-state index contributed by atoms with van der Waals surface area (Å²) in [6, 6.07) is 17.9. The molecule has 106 valence electrons. The van der Waals surface area contributed by atoms with Gasteiger partial charge in [0.15, 0.2) is 5.78 Å². The third-order valence-corrected chi connectivity index (χ3v) is 6.29. The summed E-state index contributed by atoms with van der Waals surface area (Å²) in [5.41, 5.74) is 2.32. The number of ketones is 1. The van der Waals surface area contributed by atoms with Gasteiger partial charge in [0.25, 0.3) is 0 Å². The molecule has 0 saturated carbocycles. The number of aliphatic hydroxyl groups excluding tert-OH is 1. The molecule has 1 aliphatic heterocycles. The third kappa shape index (κ3) is 1.74. The summed E-state index contributed by atoms with van der Waals surface area (Å²) in [5.74, 6) is 0.740. The fourth-order valence-electron chi connectivity index (χ4n) is 3.70. The standard InChI is InChI=1S/C18H16O2S/c19-15-11-21-17(12-6-2-1-3-7-12)18(15)10-13-8-4-5-9-14(13)16(18)20/h1-9,15,17,19H,10-11H2/t15-,17-,18-/m1/s1. The first-order chi connectivity index (χ1) is 10.2. The number of Topliss-reactive ketones (excluding diaryl/α,β-unsaturated/α-hetero) is 1. The van der Waals surface area contributed by atoms with Crippen LogP contribution in [0.15, 0.2) is 54.6 Å². The SMILES string of the molecule is O=C1c2ccccc2C[C@@]12[C@H](O)CS[C@@H]2c1ccccc1. The van der Waals surface area contributed by atoms with Crippen molar-refractivity contribution in [2.75, 3.05) is 5.75 Å². The monoisotopic (exact) mass is 296 g/mol. The van der Waals surface area contributed by atoms with Crippen molar-refractivity contribution in [1.82, 2.24) is 0 Å². The Labute approximate surface area is 128 Å². The second-order valence-electron chi connectivity index (χ2n) is 5.84. The van der Waals surface area contributed by atoms with E-state index < -0.39 is 11.5 Å². The molecule has 0 bridgehead atoms. The number of aliphatic hydroxyl groups is 1. The molecule has 1 aliphatic carbocycles. The minimum absolute atomic E-state index is 0.0357. The molecule has 2 nitrogen and oxygen atoms in total. The Morgan fingerprint density at radius 3 is 2.52 bits per heavy atom. The van der Waals surface area contributed by atoms with Crippen LogP contribution in [0.25, 0.3) is 0 Å². The van der Waals surface area contributed by atoms with Gasteiger partial charge in [-0.2, -0.15) is 0 Å². The van der Waals surface area contributed by atoms with Crippen molar-refractivity contribution in [2.45, 2.75) is 17.8 Å². The zero-order valence-electron chi connectivity index (χ0n) is 11.5. The van der Waals surface area contributed by atoms with Crippen molar-refractivity contribution in [2.24, 2.45) is 5.41 Å². The van der Waals surface area contributed by atoms with Crippen molar-refractivity contribution in [3.63, 3.8) is 0 Å². The minimum atomic E-state index is -0.685. The van der Waals surface area contributed by atoms with Crippen molar-refractivity contribution in [3.05, 3.63) is 71.3 Å². The predicted octanol–water partition coefficient (Wildman–Crippen LogP) is 3.26. The highest BCUT2D eigenvalue weighted by molar-refractivity contribution is 7.99. The Morgan fingerprint density at radius 1 is 1.05 bits per heavy atom. The molecule has 1 fully saturated rings. The van der Waals surface area contributed by atoms with Gasteiger partial charge in [-0.1, -0.05) is 54.6 Å². The molecule has 2 aromatic rings. The van der Waals surface area contributed by atoms with Crippen LogP contribution in [0.1, 0.15) is 26.7 Å². The van der Waals surface area contributed by atoms with Crippen LogP contribution in [-0.2, 0) is 6.42 Å². The van der Waals surface area contributed by atoms with E-state index in [2.05, 4.69) is 12.1 Å². The molecule has 3 heteroatoms. The van der Waals surface area contributed by atoms with Crippen LogP contribution in [0.5, 0.6) is 0 Å². The maximum absolute atomic E-state index is 13.0. The first kappa shape index (κ1) is 13.1. The molecule has 21 heavy (non-hydrogen) atoms. The van der Waals surface area contributed by atoms with E-state index in [1.807, 2.05) is 42.5 Å². The Kier molecular flexibility index (Phi) is 2.95. The van der Waals surface area contributed by atoms with Crippen LogP contribution in [0, 0.1) is 5.41 Å². The number of carbonyl (C=O) groups is 1. The number of hydrogen-bond donors (Lipinski definition) is 1. The molecule has 2 aromatic carbocycles. The number of hydrogen-bond acceptors (Lipinski definition) is 3. The number of rotatable bonds is 1. The summed E-state index contributed by atoms with van der Waals surface area (Å²) >= 11 is 1.70. The van der Waals surface area contributed by atoms with E-state index in [0.29, 0.717) is 12.2 Å². The quantitative estimate of drug-likeness (QED) is 0.877. The molecule has 0 unspecified atom stereocenters. The third-order valence-electron chi connectivity index (χ3n) is 4.75. The number of fused-ring (bicyclic) bond motifs is 1. The second kappa shape index (κ2) is 4.72. The largest absolute Gasteiger partial charge is 0.391 e. The number of thioether (sulfide) groups is 1. The zero-order valence-corrected chi connectivity index (χ0v) is 12.3. The molecule has 3 atom stereocenters. The molecule has 1 N–H and O–H groups in total. The summed E-state index contributed by atoms with van der Waals surface area (Å²) in [5, 5.41) is 10.6. The van der Waals surface area contributed by atoms with Gasteiger partial charge in [0.2, 0.25) is 0 Å². The Balaban J connectivity index is 1.84. The van der Waals surface area contributed by atoms with Crippen molar-refractivity contribution < 1.29 is 9.90 Å². The van der Waals surface area contributed by atoms with E-state index in [9.17, 15) is 9.90 Å². The molecule has 1 saturated heterocycles. The van der Waals surface area contributed by atoms with Gasteiger partial charge in [-0.25, -0.2) is 0 Å². The topological polar surface area (TPSA) is 37.3 Å². The molecule has 2 aliphatic rings.